The molecule has 0 bridgehead atoms. The van der Waals surface area contributed by atoms with Crippen molar-refractivity contribution >= 4 is 17.6 Å². The van der Waals surface area contributed by atoms with Crippen molar-refractivity contribution in [2.24, 2.45) is 0 Å². The van der Waals surface area contributed by atoms with Crippen LogP contribution in [0.5, 0.6) is 5.75 Å². The van der Waals surface area contributed by atoms with Gasteiger partial charge in [0, 0.05) is 13.2 Å². The summed E-state index contributed by atoms with van der Waals surface area (Å²) >= 11 is 0. The van der Waals surface area contributed by atoms with Crippen LogP contribution < -0.4 is 10.1 Å². The first-order valence-electron chi connectivity index (χ1n) is 7.11. The summed E-state index contributed by atoms with van der Waals surface area (Å²) < 4.78 is 28.8. The molecule has 1 amide bonds. The lowest BCUT2D eigenvalue weighted by atomic mass is 10.2. The maximum atomic E-state index is 13.4. The van der Waals surface area contributed by atoms with Crippen LogP contribution >= 0.6 is 0 Å². The van der Waals surface area contributed by atoms with Crippen LogP contribution in [0, 0.1) is 5.82 Å². The lowest BCUT2D eigenvalue weighted by molar-refractivity contribution is -0.150. The normalized spacial score (nSPS) is 20.3. The standard InChI is InChI=1S/C15H18FNO6/c1-21-6-7-22-11-3-2-9(16)8-10(11)17-14(18)12-4-5-13(23-12)15(19)20/h2-3,8,12-13H,4-7H2,1H3,(H,17,18)(H,19,20)/t12-,13+/m0/s1. The quantitative estimate of drug-likeness (QED) is 0.736. The molecule has 0 aromatic heterocycles. The Morgan fingerprint density at radius 1 is 1.35 bits per heavy atom. The Morgan fingerprint density at radius 2 is 2.09 bits per heavy atom. The van der Waals surface area contributed by atoms with Crippen molar-refractivity contribution in [2.45, 2.75) is 25.0 Å². The van der Waals surface area contributed by atoms with E-state index in [1.807, 2.05) is 0 Å². The highest BCUT2D eigenvalue weighted by Crippen LogP contribution is 2.27. The Labute approximate surface area is 132 Å². The van der Waals surface area contributed by atoms with E-state index in [0.717, 1.165) is 6.07 Å². The third-order valence-electron chi connectivity index (χ3n) is 3.33. The molecule has 1 saturated heterocycles. The molecule has 0 aliphatic carbocycles. The van der Waals surface area contributed by atoms with E-state index in [0.29, 0.717) is 12.4 Å². The van der Waals surface area contributed by atoms with Crippen molar-refractivity contribution < 1.29 is 33.3 Å². The molecule has 2 rings (SSSR count). The highest BCUT2D eigenvalue weighted by Gasteiger charge is 2.35. The van der Waals surface area contributed by atoms with E-state index < -0.39 is 29.9 Å². The predicted molar refractivity (Wildman–Crippen MR) is 77.9 cm³/mol. The minimum Gasteiger partial charge on any atom is -0.489 e. The highest BCUT2D eigenvalue weighted by molar-refractivity contribution is 5.96. The van der Waals surface area contributed by atoms with Crippen LogP contribution in [-0.4, -0.2) is 49.5 Å². The predicted octanol–water partition coefficient (Wildman–Crippen LogP) is 1.42. The molecule has 1 aromatic carbocycles. The second-order valence-corrected chi connectivity index (χ2v) is 5.00. The Balaban J connectivity index is 2.02. The van der Waals surface area contributed by atoms with Gasteiger partial charge in [-0.25, -0.2) is 9.18 Å². The molecule has 1 aromatic rings. The molecule has 8 heteroatoms. The fraction of sp³-hybridized carbons (Fsp3) is 0.467. The average Bonchev–Trinajstić information content (AvgIpc) is 3.00. The summed E-state index contributed by atoms with van der Waals surface area (Å²) in [4.78, 5) is 23.0. The molecule has 2 N–H and O–H groups in total. The summed E-state index contributed by atoms with van der Waals surface area (Å²) in [6.45, 7) is 0.586. The number of anilines is 1. The van der Waals surface area contributed by atoms with E-state index in [1.165, 1.54) is 19.2 Å². The summed E-state index contributed by atoms with van der Waals surface area (Å²) in [5, 5.41) is 11.4. The van der Waals surface area contributed by atoms with Crippen LogP contribution in [0.2, 0.25) is 0 Å². The first-order chi connectivity index (χ1) is 11.0. The van der Waals surface area contributed by atoms with Crippen molar-refractivity contribution in [1.82, 2.24) is 0 Å². The number of halogens is 1. The van der Waals surface area contributed by atoms with E-state index >= 15 is 0 Å². The van der Waals surface area contributed by atoms with Gasteiger partial charge in [-0.1, -0.05) is 0 Å². The maximum Gasteiger partial charge on any atom is 0.332 e. The van der Waals surface area contributed by atoms with Crippen molar-refractivity contribution in [3.8, 4) is 5.75 Å². The fourth-order valence-corrected chi connectivity index (χ4v) is 2.19. The number of nitrogens with one attached hydrogen (secondary N) is 1. The smallest absolute Gasteiger partial charge is 0.332 e. The zero-order valence-corrected chi connectivity index (χ0v) is 12.6. The lowest BCUT2D eigenvalue weighted by Crippen LogP contribution is -2.30. The van der Waals surface area contributed by atoms with Crippen LogP contribution in [0.15, 0.2) is 18.2 Å². The number of aliphatic carboxylic acids is 1. The molecule has 126 valence electrons. The molecule has 0 spiro atoms. The third kappa shape index (κ3) is 4.64. The molecule has 7 nitrogen and oxygen atoms in total. The number of amides is 1. The Bertz CT molecular complexity index is 579. The molecule has 1 fully saturated rings. The van der Waals surface area contributed by atoms with Crippen LogP contribution in [0.4, 0.5) is 10.1 Å². The monoisotopic (exact) mass is 327 g/mol. The van der Waals surface area contributed by atoms with Crippen LogP contribution in [-0.2, 0) is 19.1 Å². The molecule has 1 heterocycles. The Morgan fingerprint density at radius 3 is 2.74 bits per heavy atom. The Hall–Kier alpha value is -2.19. The van der Waals surface area contributed by atoms with Gasteiger partial charge in [-0.2, -0.15) is 0 Å². The van der Waals surface area contributed by atoms with Gasteiger partial charge in [-0.15, -0.1) is 0 Å². The van der Waals surface area contributed by atoms with E-state index in [1.54, 1.807) is 0 Å². The molecule has 0 saturated carbocycles. The third-order valence-corrected chi connectivity index (χ3v) is 3.33. The molecule has 0 unspecified atom stereocenters. The largest absolute Gasteiger partial charge is 0.489 e. The minimum absolute atomic E-state index is 0.161. The summed E-state index contributed by atoms with van der Waals surface area (Å²) in [5.74, 6) is -1.87. The summed E-state index contributed by atoms with van der Waals surface area (Å²) in [5.41, 5.74) is 0.161. The molecule has 1 aliphatic rings. The number of ether oxygens (including phenoxy) is 3. The molecular weight excluding hydrogens is 309 g/mol. The van der Waals surface area contributed by atoms with E-state index in [-0.39, 0.29) is 25.1 Å². The summed E-state index contributed by atoms with van der Waals surface area (Å²) in [6, 6.07) is 3.74. The van der Waals surface area contributed by atoms with Gasteiger partial charge in [0.1, 0.15) is 24.3 Å². The molecular formula is C15H18FNO6. The van der Waals surface area contributed by atoms with E-state index in [9.17, 15) is 14.0 Å². The van der Waals surface area contributed by atoms with Gasteiger partial charge in [0.2, 0.25) is 0 Å². The zero-order valence-electron chi connectivity index (χ0n) is 12.6. The Kier molecular flexibility index (Phi) is 5.89. The number of hydrogen-bond acceptors (Lipinski definition) is 5. The zero-order chi connectivity index (χ0) is 16.8. The maximum absolute atomic E-state index is 13.4. The average molecular weight is 327 g/mol. The molecule has 2 atom stereocenters. The highest BCUT2D eigenvalue weighted by atomic mass is 19.1. The van der Waals surface area contributed by atoms with E-state index in [4.69, 9.17) is 19.3 Å². The van der Waals surface area contributed by atoms with E-state index in [2.05, 4.69) is 5.32 Å². The van der Waals surface area contributed by atoms with Crippen molar-refractivity contribution in [1.29, 1.82) is 0 Å². The topological polar surface area (TPSA) is 94.1 Å². The number of carboxylic acid groups (broad SMARTS) is 1. The van der Waals surface area contributed by atoms with Crippen LogP contribution in [0.3, 0.4) is 0 Å². The van der Waals surface area contributed by atoms with Gasteiger partial charge in [-0.3, -0.25) is 4.79 Å². The first kappa shape index (κ1) is 17.2. The fourth-order valence-electron chi connectivity index (χ4n) is 2.19. The van der Waals surface area contributed by atoms with Gasteiger partial charge >= 0.3 is 5.97 Å². The van der Waals surface area contributed by atoms with Crippen LogP contribution in [0.25, 0.3) is 0 Å². The number of hydrogen-bond donors (Lipinski definition) is 2. The second kappa shape index (κ2) is 7.89. The number of carbonyl (C=O) groups excluding carboxylic acids is 1. The molecule has 1 aliphatic heterocycles. The van der Waals surface area contributed by atoms with Crippen molar-refractivity contribution in [3.05, 3.63) is 24.0 Å². The number of methoxy groups -OCH3 is 1. The summed E-state index contributed by atoms with van der Waals surface area (Å²) in [7, 11) is 1.52. The molecule has 0 radical (unpaired) electrons. The van der Waals surface area contributed by atoms with Crippen LogP contribution in [0.1, 0.15) is 12.8 Å². The number of carbonyl (C=O) groups is 2. The van der Waals surface area contributed by atoms with Gasteiger partial charge in [-0.05, 0) is 25.0 Å². The summed E-state index contributed by atoms with van der Waals surface area (Å²) in [6.07, 6.45) is -1.33. The number of rotatable bonds is 7. The van der Waals surface area contributed by atoms with Gasteiger partial charge in [0.05, 0.1) is 12.3 Å². The van der Waals surface area contributed by atoms with Gasteiger partial charge in [0.25, 0.3) is 5.91 Å². The second-order valence-electron chi connectivity index (χ2n) is 5.00. The minimum atomic E-state index is -1.10. The van der Waals surface area contributed by atoms with Crippen molar-refractivity contribution in [2.75, 3.05) is 25.6 Å². The first-order valence-corrected chi connectivity index (χ1v) is 7.11. The molecule has 23 heavy (non-hydrogen) atoms. The van der Waals surface area contributed by atoms with Gasteiger partial charge < -0.3 is 24.6 Å². The number of benzene rings is 1. The van der Waals surface area contributed by atoms with Gasteiger partial charge in [0.15, 0.2) is 6.10 Å². The SMILES string of the molecule is COCCOc1ccc(F)cc1NC(=O)[C@@H]1CC[C@H](C(=O)O)O1. The lowest BCUT2D eigenvalue weighted by Gasteiger charge is -2.15. The van der Waals surface area contributed by atoms with Crippen molar-refractivity contribution in [3.63, 3.8) is 0 Å². The number of carboxylic acids is 1.